The second-order valence-corrected chi connectivity index (χ2v) is 9.01. The molecule has 0 radical (unpaired) electrons. The Morgan fingerprint density at radius 1 is 1.19 bits per heavy atom. The van der Waals surface area contributed by atoms with Crippen LogP contribution in [0.3, 0.4) is 0 Å². The summed E-state index contributed by atoms with van der Waals surface area (Å²) in [5.74, 6) is 0.679. The van der Waals surface area contributed by atoms with Gasteiger partial charge in [0.05, 0.1) is 19.8 Å². The number of methoxy groups -OCH3 is 2. The largest absolute Gasteiger partial charge is 0.493 e. The van der Waals surface area contributed by atoms with Crippen molar-refractivity contribution in [3.05, 3.63) is 35.3 Å². The van der Waals surface area contributed by atoms with Crippen LogP contribution in [0.15, 0.2) is 35.3 Å². The van der Waals surface area contributed by atoms with E-state index in [1.165, 1.54) is 25.9 Å². The fourth-order valence-electron chi connectivity index (χ4n) is 5.83. The van der Waals surface area contributed by atoms with E-state index in [9.17, 15) is 9.59 Å². The number of rotatable bonds is 4. The van der Waals surface area contributed by atoms with Gasteiger partial charge in [0, 0.05) is 6.08 Å². The molecular weight excluding hydrogens is 340 g/mol. The van der Waals surface area contributed by atoms with Crippen molar-refractivity contribution in [2.24, 2.45) is 22.7 Å². The van der Waals surface area contributed by atoms with Crippen molar-refractivity contribution in [1.29, 1.82) is 0 Å². The topological polar surface area (TPSA) is 52.6 Å². The van der Waals surface area contributed by atoms with E-state index in [0.29, 0.717) is 35.3 Å². The summed E-state index contributed by atoms with van der Waals surface area (Å²) in [4.78, 5) is 25.0. The Morgan fingerprint density at radius 2 is 1.89 bits per heavy atom. The van der Waals surface area contributed by atoms with Crippen LogP contribution in [0, 0.1) is 22.7 Å². The normalized spacial score (nSPS) is 37.1. The molecule has 0 bridgehead atoms. The maximum Gasteiger partial charge on any atom is 0.232 e. The molecule has 2 fully saturated rings. The van der Waals surface area contributed by atoms with Gasteiger partial charge in [0.25, 0.3) is 0 Å². The number of ketones is 2. The van der Waals surface area contributed by atoms with E-state index in [-0.39, 0.29) is 10.8 Å². The van der Waals surface area contributed by atoms with Gasteiger partial charge in [-0.1, -0.05) is 32.9 Å². The first-order valence-electron chi connectivity index (χ1n) is 9.99. The van der Waals surface area contributed by atoms with Crippen molar-refractivity contribution < 1.29 is 19.1 Å². The minimum absolute atomic E-state index is 0.0956. The number of carbonyl (C=O) groups excluding carboxylic acids is 2. The van der Waals surface area contributed by atoms with E-state index in [1.54, 1.807) is 0 Å². The zero-order valence-electron chi connectivity index (χ0n) is 17.3. The van der Waals surface area contributed by atoms with Gasteiger partial charge in [0.2, 0.25) is 11.6 Å². The average molecular weight is 373 g/mol. The van der Waals surface area contributed by atoms with Crippen LogP contribution in [-0.4, -0.2) is 25.8 Å². The van der Waals surface area contributed by atoms with E-state index in [4.69, 9.17) is 9.47 Å². The van der Waals surface area contributed by atoms with Gasteiger partial charge < -0.3 is 9.47 Å². The van der Waals surface area contributed by atoms with Gasteiger partial charge in [-0.3, -0.25) is 9.59 Å². The minimum atomic E-state index is -0.523. The number of fused-ring (bicyclic) bond motifs is 1. The summed E-state index contributed by atoms with van der Waals surface area (Å²) in [6.45, 7) is 11.3. The maximum atomic E-state index is 12.8. The number of allylic oxidation sites excluding steroid dienone is 3. The van der Waals surface area contributed by atoms with Crippen molar-refractivity contribution in [3.63, 3.8) is 0 Å². The van der Waals surface area contributed by atoms with Gasteiger partial charge in [-0.25, -0.2) is 0 Å². The molecule has 0 saturated heterocycles. The van der Waals surface area contributed by atoms with Gasteiger partial charge >= 0.3 is 0 Å². The van der Waals surface area contributed by atoms with Gasteiger partial charge in [-0.2, -0.15) is 0 Å². The Balaban J connectivity index is 2.06. The molecule has 148 valence electrons. The third-order valence-corrected chi connectivity index (χ3v) is 7.81. The Morgan fingerprint density at radius 3 is 2.52 bits per heavy atom. The van der Waals surface area contributed by atoms with Crippen LogP contribution < -0.4 is 0 Å². The fraction of sp³-hybridized carbons (Fsp3) is 0.652. The van der Waals surface area contributed by atoms with Gasteiger partial charge in [0.1, 0.15) is 0 Å². The highest BCUT2D eigenvalue weighted by Gasteiger charge is 2.55. The van der Waals surface area contributed by atoms with Crippen molar-refractivity contribution >= 4 is 11.6 Å². The molecule has 4 atom stereocenters. The number of ether oxygens (including phenoxy) is 2. The molecule has 0 N–H and O–H groups in total. The Hall–Kier alpha value is -1.84. The van der Waals surface area contributed by atoms with E-state index >= 15 is 0 Å². The summed E-state index contributed by atoms with van der Waals surface area (Å²) in [6, 6.07) is 0. The molecular formula is C23H32O4. The zero-order chi connectivity index (χ0) is 20.0. The minimum Gasteiger partial charge on any atom is -0.493 e. The standard InChI is InChI=1S/C23H32O4/c1-14-8-7-9-19-22(14,3)11-10-15(2)23(19,4)13-16-20(25)17(24)12-18(26-5)21(16)27-6/h12,15,19H,1,7-11,13H2,2-6H3/t15-,19+,22+,23+/m0/s1. The Bertz CT molecular complexity index is 743. The molecule has 0 aromatic carbocycles. The molecule has 0 spiro atoms. The lowest BCUT2D eigenvalue weighted by Crippen LogP contribution is -2.51. The van der Waals surface area contributed by atoms with E-state index in [1.807, 2.05) is 0 Å². The number of carbonyl (C=O) groups is 2. The summed E-state index contributed by atoms with van der Waals surface area (Å²) >= 11 is 0. The first-order chi connectivity index (χ1) is 12.7. The average Bonchev–Trinajstić information content (AvgIpc) is 2.64. The summed E-state index contributed by atoms with van der Waals surface area (Å²) in [6.07, 6.45) is 7.42. The molecule has 4 nitrogen and oxygen atoms in total. The van der Waals surface area contributed by atoms with Gasteiger partial charge in [0.15, 0.2) is 11.5 Å². The highest BCUT2D eigenvalue weighted by Crippen LogP contribution is 2.63. The van der Waals surface area contributed by atoms with Crippen LogP contribution in [0.5, 0.6) is 0 Å². The van der Waals surface area contributed by atoms with Gasteiger partial charge in [-0.15, -0.1) is 0 Å². The molecule has 27 heavy (non-hydrogen) atoms. The van der Waals surface area contributed by atoms with E-state index in [0.717, 1.165) is 32.1 Å². The first kappa shape index (κ1) is 19.9. The molecule has 0 aromatic heterocycles. The molecule has 0 aliphatic heterocycles. The summed E-state index contributed by atoms with van der Waals surface area (Å²) < 4.78 is 10.9. The van der Waals surface area contributed by atoms with E-state index < -0.39 is 11.6 Å². The SMILES string of the molecule is C=C1CCC[C@H]2[C@](C)(CC3=C(OC)C(OC)=CC(=O)C3=O)[C@@H](C)CC[C@]12C. The van der Waals surface area contributed by atoms with Crippen LogP contribution in [0.25, 0.3) is 0 Å². The molecule has 2 saturated carbocycles. The van der Waals surface area contributed by atoms with Crippen LogP contribution >= 0.6 is 0 Å². The highest BCUT2D eigenvalue weighted by molar-refractivity contribution is 6.48. The fourth-order valence-corrected chi connectivity index (χ4v) is 5.83. The number of hydrogen-bond donors (Lipinski definition) is 0. The van der Waals surface area contributed by atoms with Crippen molar-refractivity contribution in [2.45, 2.75) is 59.3 Å². The lowest BCUT2D eigenvalue weighted by Gasteiger charge is -2.59. The maximum absolute atomic E-state index is 12.8. The van der Waals surface area contributed by atoms with Gasteiger partial charge in [-0.05, 0) is 61.2 Å². The molecule has 0 amide bonds. The molecule has 0 unspecified atom stereocenters. The lowest BCUT2D eigenvalue weighted by atomic mass is 9.46. The molecule has 4 heteroatoms. The molecule has 0 heterocycles. The third-order valence-electron chi connectivity index (χ3n) is 7.81. The molecule has 3 aliphatic carbocycles. The van der Waals surface area contributed by atoms with Crippen LogP contribution in [0.4, 0.5) is 0 Å². The predicted molar refractivity (Wildman–Crippen MR) is 105 cm³/mol. The quantitative estimate of drug-likeness (QED) is 0.406. The Labute approximate surface area is 162 Å². The number of Topliss-reactive ketones (excluding diaryl/α,β-unsaturated/α-hetero) is 1. The van der Waals surface area contributed by atoms with Crippen LogP contribution in [0.2, 0.25) is 0 Å². The van der Waals surface area contributed by atoms with Crippen LogP contribution in [-0.2, 0) is 19.1 Å². The molecule has 0 aromatic rings. The highest BCUT2D eigenvalue weighted by atomic mass is 16.5. The van der Waals surface area contributed by atoms with Crippen molar-refractivity contribution in [2.75, 3.05) is 14.2 Å². The first-order valence-corrected chi connectivity index (χ1v) is 9.99. The lowest BCUT2D eigenvalue weighted by molar-refractivity contribution is -0.132. The predicted octanol–water partition coefficient (Wildman–Crippen LogP) is 4.76. The second-order valence-electron chi connectivity index (χ2n) is 9.01. The summed E-state index contributed by atoms with van der Waals surface area (Å²) in [7, 11) is 3.03. The van der Waals surface area contributed by atoms with E-state index in [2.05, 4.69) is 27.4 Å². The second kappa shape index (κ2) is 6.96. The Kier molecular flexibility index (Phi) is 5.13. The monoisotopic (exact) mass is 372 g/mol. The molecule has 3 rings (SSSR count). The third kappa shape index (κ3) is 2.97. The summed E-state index contributed by atoms with van der Waals surface area (Å²) in [5, 5.41) is 0. The zero-order valence-corrected chi connectivity index (χ0v) is 17.3. The van der Waals surface area contributed by atoms with Crippen LogP contribution in [0.1, 0.15) is 59.3 Å². The van der Waals surface area contributed by atoms with Crippen molar-refractivity contribution in [1.82, 2.24) is 0 Å². The smallest absolute Gasteiger partial charge is 0.232 e. The van der Waals surface area contributed by atoms with Crippen molar-refractivity contribution in [3.8, 4) is 0 Å². The summed E-state index contributed by atoms with van der Waals surface area (Å²) in [5.41, 5.74) is 1.83. The molecule has 3 aliphatic rings. The number of hydrogen-bond acceptors (Lipinski definition) is 4.